The van der Waals surface area contributed by atoms with Gasteiger partial charge in [0, 0.05) is 18.1 Å². The molecule has 0 amide bonds. The molecule has 2 aromatic heterocycles. The highest BCUT2D eigenvalue weighted by Crippen LogP contribution is 2.31. The van der Waals surface area contributed by atoms with Gasteiger partial charge in [-0.1, -0.05) is 11.6 Å². The third kappa shape index (κ3) is 4.35. The number of halogens is 1. The lowest BCUT2D eigenvalue weighted by atomic mass is 10.2. The molecular formula is C14H18ClNO2S. The number of furan rings is 1. The second-order valence-corrected chi connectivity index (χ2v) is 5.84. The lowest BCUT2D eigenvalue weighted by molar-refractivity contribution is 0.144. The fourth-order valence-corrected chi connectivity index (χ4v) is 2.99. The van der Waals surface area contributed by atoms with Gasteiger partial charge in [-0.3, -0.25) is 0 Å². The van der Waals surface area contributed by atoms with Crippen molar-refractivity contribution in [3.05, 3.63) is 45.5 Å². The molecule has 0 aliphatic carbocycles. The maximum absolute atomic E-state index is 6.01. The Bertz CT molecular complexity index is 470. The molecule has 0 radical (unpaired) electrons. The molecule has 19 heavy (non-hydrogen) atoms. The van der Waals surface area contributed by atoms with Crippen LogP contribution in [0.4, 0.5) is 0 Å². The summed E-state index contributed by atoms with van der Waals surface area (Å²) in [4.78, 5) is 1.16. The summed E-state index contributed by atoms with van der Waals surface area (Å²) >= 11 is 7.58. The average molecular weight is 300 g/mol. The number of ether oxygens (including phenoxy) is 1. The highest BCUT2D eigenvalue weighted by Gasteiger charge is 2.17. The predicted octanol–water partition coefficient (Wildman–Crippen LogP) is 4.10. The Morgan fingerprint density at radius 1 is 1.42 bits per heavy atom. The fraction of sp³-hybridized carbons (Fsp3) is 0.429. The third-order valence-electron chi connectivity index (χ3n) is 2.72. The molecule has 1 atom stereocenters. The van der Waals surface area contributed by atoms with E-state index in [1.165, 1.54) is 0 Å². The first-order chi connectivity index (χ1) is 9.31. The second kappa shape index (κ2) is 7.70. The van der Waals surface area contributed by atoms with E-state index in [9.17, 15) is 0 Å². The van der Waals surface area contributed by atoms with E-state index in [1.807, 2.05) is 31.2 Å². The Kier molecular flexibility index (Phi) is 5.92. The molecule has 3 nitrogen and oxygen atoms in total. The summed E-state index contributed by atoms with van der Waals surface area (Å²) in [7, 11) is 0. The van der Waals surface area contributed by atoms with E-state index in [0.717, 1.165) is 41.2 Å². The SMILES string of the molecule is CCOCCCNC(c1ccco1)c1ccc(Cl)s1. The zero-order chi connectivity index (χ0) is 13.5. The van der Waals surface area contributed by atoms with Gasteiger partial charge in [0.15, 0.2) is 0 Å². The maximum Gasteiger partial charge on any atom is 0.126 e. The fourth-order valence-electron chi connectivity index (χ4n) is 1.85. The van der Waals surface area contributed by atoms with Gasteiger partial charge in [0.1, 0.15) is 11.8 Å². The molecule has 2 rings (SSSR count). The molecule has 0 bridgehead atoms. The molecule has 1 unspecified atom stereocenters. The average Bonchev–Trinajstić information content (AvgIpc) is 3.05. The first-order valence-electron chi connectivity index (χ1n) is 6.41. The van der Waals surface area contributed by atoms with E-state index in [2.05, 4.69) is 5.32 Å². The van der Waals surface area contributed by atoms with E-state index in [1.54, 1.807) is 17.6 Å². The monoisotopic (exact) mass is 299 g/mol. The Morgan fingerprint density at radius 2 is 2.32 bits per heavy atom. The van der Waals surface area contributed by atoms with Crippen LogP contribution in [0.1, 0.15) is 30.0 Å². The van der Waals surface area contributed by atoms with Crippen molar-refractivity contribution in [1.29, 1.82) is 0 Å². The summed E-state index contributed by atoms with van der Waals surface area (Å²) in [6.07, 6.45) is 2.67. The van der Waals surface area contributed by atoms with Crippen molar-refractivity contribution >= 4 is 22.9 Å². The van der Waals surface area contributed by atoms with Gasteiger partial charge < -0.3 is 14.5 Å². The van der Waals surface area contributed by atoms with Crippen LogP contribution in [0.3, 0.4) is 0 Å². The quantitative estimate of drug-likeness (QED) is 0.745. The van der Waals surface area contributed by atoms with Crippen molar-refractivity contribution in [2.24, 2.45) is 0 Å². The number of hydrogen-bond donors (Lipinski definition) is 1. The van der Waals surface area contributed by atoms with Gasteiger partial charge >= 0.3 is 0 Å². The highest BCUT2D eigenvalue weighted by molar-refractivity contribution is 7.16. The standard InChI is InChI=1S/C14H18ClNO2S/c1-2-17-9-4-8-16-14(11-5-3-10-18-11)12-6-7-13(15)19-12/h3,5-7,10,14,16H,2,4,8-9H2,1H3. The molecule has 0 saturated heterocycles. The van der Waals surface area contributed by atoms with Gasteiger partial charge in [0.25, 0.3) is 0 Å². The summed E-state index contributed by atoms with van der Waals surface area (Å²) in [5, 5.41) is 3.49. The van der Waals surface area contributed by atoms with E-state index >= 15 is 0 Å². The van der Waals surface area contributed by atoms with Crippen molar-refractivity contribution in [3.63, 3.8) is 0 Å². The lowest BCUT2D eigenvalue weighted by Gasteiger charge is -2.15. The normalized spacial score (nSPS) is 12.7. The zero-order valence-corrected chi connectivity index (χ0v) is 12.5. The van der Waals surface area contributed by atoms with E-state index in [0.29, 0.717) is 0 Å². The third-order valence-corrected chi connectivity index (χ3v) is 4.02. The number of rotatable bonds is 8. The first kappa shape index (κ1) is 14.6. The molecule has 0 fully saturated rings. The van der Waals surface area contributed by atoms with Gasteiger partial charge in [-0.05, 0) is 44.2 Å². The smallest absolute Gasteiger partial charge is 0.126 e. The number of thiophene rings is 1. The molecule has 0 saturated carbocycles. The van der Waals surface area contributed by atoms with E-state index in [4.69, 9.17) is 20.8 Å². The molecule has 1 N–H and O–H groups in total. The molecule has 2 heterocycles. The Hall–Kier alpha value is -0.810. The number of hydrogen-bond acceptors (Lipinski definition) is 4. The molecule has 104 valence electrons. The summed E-state index contributed by atoms with van der Waals surface area (Å²) in [6, 6.07) is 7.90. The van der Waals surface area contributed by atoms with Crippen LogP contribution < -0.4 is 5.32 Å². The summed E-state index contributed by atoms with van der Waals surface area (Å²) in [5.74, 6) is 0.912. The van der Waals surface area contributed by atoms with Crippen LogP contribution in [-0.4, -0.2) is 19.8 Å². The van der Waals surface area contributed by atoms with Crippen LogP contribution in [0.15, 0.2) is 34.9 Å². The minimum atomic E-state index is 0.0640. The Balaban J connectivity index is 1.96. The van der Waals surface area contributed by atoms with Gasteiger partial charge in [-0.2, -0.15) is 0 Å². The topological polar surface area (TPSA) is 34.4 Å². The summed E-state index contributed by atoms with van der Waals surface area (Å²) in [5.41, 5.74) is 0. The number of nitrogens with one attached hydrogen (secondary N) is 1. The molecule has 0 aliphatic heterocycles. The highest BCUT2D eigenvalue weighted by atomic mass is 35.5. The summed E-state index contributed by atoms with van der Waals surface area (Å²) < 4.78 is 11.6. The summed E-state index contributed by atoms with van der Waals surface area (Å²) in [6.45, 7) is 4.43. The van der Waals surface area contributed by atoms with Crippen LogP contribution in [0.5, 0.6) is 0 Å². The van der Waals surface area contributed by atoms with E-state index < -0.39 is 0 Å². The minimum absolute atomic E-state index is 0.0640. The largest absolute Gasteiger partial charge is 0.467 e. The van der Waals surface area contributed by atoms with Crippen molar-refractivity contribution in [3.8, 4) is 0 Å². The maximum atomic E-state index is 6.01. The van der Waals surface area contributed by atoms with Crippen LogP contribution in [-0.2, 0) is 4.74 Å². The molecule has 0 spiro atoms. The van der Waals surface area contributed by atoms with Crippen molar-refractivity contribution in [1.82, 2.24) is 5.32 Å². The van der Waals surface area contributed by atoms with Gasteiger partial charge in [0.05, 0.1) is 10.6 Å². The molecule has 0 aliphatic rings. The first-order valence-corrected chi connectivity index (χ1v) is 7.60. The minimum Gasteiger partial charge on any atom is -0.467 e. The van der Waals surface area contributed by atoms with Gasteiger partial charge in [-0.25, -0.2) is 0 Å². The van der Waals surface area contributed by atoms with Crippen LogP contribution in [0.2, 0.25) is 4.34 Å². The van der Waals surface area contributed by atoms with Crippen molar-refractivity contribution in [2.45, 2.75) is 19.4 Å². The van der Waals surface area contributed by atoms with Crippen LogP contribution >= 0.6 is 22.9 Å². The Labute approximate surface area is 122 Å². The lowest BCUT2D eigenvalue weighted by Crippen LogP contribution is -2.23. The molecule has 5 heteroatoms. The van der Waals surface area contributed by atoms with Crippen molar-refractivity contribution in [2.75, 3.05) is 19.8 Å². The predicted molar refractivity (Wildman–Crippen MR) is 79.0 cm³/mol. The molecule has 0 aromatic carbocycles. The van der Waals surface area contributed by atoms with Crippen LogP contribution in [0, 0.1) is 0 Å². The van der Waals surface area contributed by atoms with Gasteiger partial charge in [-0.15, -0.1) is 11.3 Å². The van der Waals surface area contributed by atoms with E-state index in [-0.39, 0.29) is 6.04 Å². The second-order valence-electron chi connectivity index (χ2n) is 4.09. The zero-order valence-electron chi connectivity index (χ0n) is 10.9. The van der Waals surface area contributed by atoms with Gasteiger partial charge in [0.2, 0.25) is 0 Å². The molecule has 2 aromatic rings. The van der Waals surface area contributed by atoms with Crippen LogP contribution in [0.25, 0.3) is 0 Å². The molecular weight excluding hydrogens is 282 g/mol. The Morgan fingerprint density at radius 3 is 2.95 bits per heavy atom. The van der Waals surface area contributed by atoms with Crippen molar-refractivity contribution < 1.29 is 9.15 Å².